The van der Waals surface area contributed by atoms with Crippen LogP contribution in [0.2, 0.25) is 0 Å². The molecule has 1 aromatic carbocycles. The Bertz CT molecular complexity index is 582. The molecule has 0 unspecified atom stereocenters. The standard InChI is InChI=1S/C14H13F3O5/c1-3-21-12(19)14(7-18,13(20)22-4-2)8-5-10(16)11(17)6-9(8)15/h5-7H,3-4H2,1-2H3. The van der Waals surface area contributed by atoms with Crippen molar-refractivity contribution in [3.05, 3.63) is 35.1 Å². The summed E-state index contributed by atoms with van der Waals surface area (Å²) in [7, 11) is 0. The fraction of sp³-hybridized carbons (Fsp3) is 0.357. The van der Waals surface area contributed by atoms with Gasteiger partial charge in [-0.3, -0.25) is 0 Å². The summed E-state index contributed by atoms with van der Waals surface area (Å²) in [5, 5.41) is 0. The third-order valence-corrected chi connectivity index (χ3v) is 2.81. The van der Waals surface area contributed by atoms with E-state index in [2.05, 4.69) is 9.47 Å². The molecule has 0 N–H and O–H groups in total. The normalized spacial score (nSPS) is 11.0. The first-order chi connectivity index (χ1) is 10.3. The van der Waals surface area contributed by atoms with Gasteiger partial charge in [0.2, 0.25) is 5.41 Å². The minimum atomic E-state index is -2.86. The van der Waals surface area contributed by atoms with Crippen LogP contribution in [0.4, 0.5) is 13.2 Å². The van der Waals surface area contributed by atoms with Crippen LogP contribution >= 0.6 is 0 Å². The predicted octanol–water partition coefficient (Wildman–Crippen LogP) is 1.67. The van der Waals surface area contributed by atoms with Gasteiger partial charge in [-0.1, -0.05) is 0 Å². The minimum absolute atomic E-state index is 0.126. The lowest BCUT2D eigenvalue weighted by Gasteiger charge is -2.24. The first kappa shape index (κ1) is 17.7. The van der Waals surface area contributed by atoms with E-state index >= 15 is 0 Å². The van der Waals surface area contributed by atoms with Crippen molar-refractivity contribution in [1.29, 1.82) is 0 Å². The molecule has 0 saturated carbocycles. The van der Waals surface area contributed by atoms with E-state index < -0.39 is 40.4 Å². The fourth-order valence-corrected chi connectivity index (χ4v) is 1.78. The van der Waals surface area contributed by atoms with Crippen LogP contribution in [-0.4, -0.2) is 31.4 Å². The van der Waals surface area contributed by atoms with Gasteiger partial charge in [0.1, 0.15) is 5.82 Å². The number of carbonyl (C=O) groups excluding carboxylic acids is 3. The summed E-state index contributed by atoms with van der Waals surface area (Å²) >= 11 is 0. The van der Waals surface area contributed by atoms with Crippen molar-refractivity contribution in [2.45, 2.75) is 19.3 Å². The van der Waals surface area contributed by atoms with Crippen molar-refractivity contribution in [2.75, 3.05) is 13.2 Å². The van der Waals surface area contributed by atoms with Crippen LogP contribution in [0, 0.1) is 17.5 Å². The number of carbonyl (C=O) groups is 3. The summed E-state index contributed by atoms with van der Waals surface area (Å²) in [5.41, 5.74) is -3.83. The largest absolute Gasteiger partial charge is 0.465 e. The Balaban J connectivity index is 3.62. The van der Waals surface area contributed by atoms with Gasteiger partial charge in [0, 0.05) is 11.6 Å². The molecule has 0 aromatic heterocycles. The maximum atomic E-state index is 13.9. The third-order valence-electron chi connectivity index (χ3n) is 2.81. The molecule has 0 saturated heterocycles. The summed E-state index contributed by atoms with van der Waals surface area (Å²) in [6, 6.07) is 0.383. The number of ether oxygens (including phenoxy) is 2. The molecule has 0 amide bonds. The van der Waals surface area contributed by atoms with E-state index in [0.717, 1.165) is 0 Å². The van der Waals surface area contributed by atoms with Gasteiger partial charge in [0.25, 0.3) is 0 Å². The average Bonchev–Trinajstić information content (AvgIpc) is 2.46. The van der Waals surface area contributed by atoms with Gasteiger partial charge < -0.3 is 14.3 Å². The van der Waals surface area contributed by atoms with E-state index in [1.54, 1.807) is 0 Å². The van der Waals surface area contributed by atoms with Crippen molar-refractivity contribution >= 4 is 18.2 Å². The van der Waals surface area contributed by atoms with Crippen molar-refractivity contribution in [1.82, 2.24) is 0 Å². The maximum Gasteiger partial charge on any atom is 0.335 e. The topological polar surface area (TPSA) is 69.7 Å². The van der Waals surface area contributed by atoms with Gasteiger partial charge in [-0.05, 0) is 19.9 Å². The second kappa shape index (κ2) is 7.06. The number of hydrogen-bond acceptors (Lipinski definition) is 5. The Morgan fingerprint density at radius 3 is 1.86 bits per heavy atom. The van der Waals surface area contributed by atoms with Crippen molar-refractivity contribution < 1.29 is 37.0 Å². The molecule has 120 valence electrons. The van der Waals surface area contributed by atoms with E-state index in [9.17, 15) is 27.6 Å². The van der Waals surface area contributed by atoms with Crippen LogP contribution < -0.4 is 0 Å². The average molecular weight is 318 g/mol. The molecule has 1 aromatic rings. The maximum absolute atomic E-state index is 13.9. The zero-order valence-corrected chi connectivity index (χ0v) is 11.8. The SMILES string of the molecule is CCOC(=O)C(C=O)(C(=O)OCC)c1cc(F)c(F)cc1F. The van der Waals surface area contributed by atoms with Gasteiger partial charge in [-0.15, -0.1) is 0 Å². The molecule has 0 spiro atoms. The second-order valence-electron chi connectivity index (χ2n) is 4.11. The van der Waals surface area contributed by atoms with E-state index in [1.807, 2.05) is 0 Å². The van der Waals surface area contributed by atoms with E-state index in [1.165, 1.54) is 13.8 Å². The van der Waals surface area contributed by atoms with Crippen LogP contribution in [0.15, 0.2) is 12.1 Å². The monoisotopic (exact) mass is 318 g/mol. The first-order valence-electron chi connectivity index (χ1n) is 6.30. The number of halogens is 3. The molecule has 0 aliphatic heterocycles. The molecule has 22 heavy (non-hydrogen) atoms. The minimum Gasteiger partial charge on any atom is -0.465 e. The molecule has 0 radical (unpaired) electrons. The molecule has 0 heterocycles. The summed E-state index contributed by atoms with van der Waals surface area (Å²) in [6.45, 7) is 2.33. The van der Waals surface area contributed by atoms with Gasteiger partial charge in [0.15, 0.2) is 17.9 Å². The van der Waals surface area contributed by atoms with Crippen LogP contribution in [-0.2, 0) is 29.3 Å². The van der Waals surface area contributed by atoms with Crippen LogP contribution in [0.1, 0.15) is 19.4 Å². The highest BCUT2D eigenvalue weighted by Crippen LogP contribution is 2.30. The molecule has 0 aliphatic rings. The van der Waals surface area contributed by atoms with Gasteiger partial charge in [-0.25, -0.2) is 22.8 Å². The quantitative estimate of drug-likeness (QED) is 0.345. The zero-order valence-electron chi connectivity index (χ0n) is 11.8. The fourth-order valence-electron chi connectivity index (χ4n) is 1.78. The zero-order chi connectivity index (χ0) is 16.9. The van der Waals surface area contributed by atoms with E-state index in [0.29, 0.717) is 0 Å². The number of aldehydes is 1. The van der Waals surface area contributed by atoms with Gasteiger partial charge in [0.05, 0.1) is 13.2 Å². The van der Waals surface area contributed by atoms with Crippen molar-refractivity contribution in [3.8, 4) is 0 Å². The highest BCUT2D eigenvalue weighted by molar-refractivity contribution is 6.19. The summed E-state index contributed by atoms with van der Waals surface area (Å²) in [5.74, 6) is -7.39. The number of rotatable bonds is 6. The molecule has 5 nitrogen and oxygen atoms in total. The summed E-state index contributed by atoms with van der Waals surface area (Å²) in [6.07, 6.45) is -0.210. The van der Waals surface area contributed by atoms with Crippen LogP contribution in [0.3, 0.4) is 0 Å². The van der Waals surface area contributed by atoms with Gasteiger partial charge >= 0.3 is 11.9 Å². The summed E-state index contributed by atoms with van der Waals surface area (Å²) < 4.78 is 49.5. The number of benzene rings is 1. The molecule has 0 atom stereocenters. The third kappa shape index (κ3) is 2.95. The Hall–Kier alpha value is -2.38. The highest BCUT2D eigenvalue weighted by Gasteiger charge is 2.53. The smallest absolute Gasteiger partial charge is 0.335 e. The van der Waals surface area contributed by atoms with Crippen molar-refractivity contribution in [3.63, 3.8) is 0 Å². The summed E-state index contributed by atoms with van der Waals surface area (Å²) in [4.78, 5) is 35.5. The Kier molecular flexibility index (Phi) is 5.67. The Labute approximate surface area is 124 Å². The molecular formula is C14H13F3O5. The molecule has 0 aliphatic carbocycles. The van der Waals surface area contributed by atoms with Crippen LogP contribution in [0.25, 0.3) is 0 Å². The molecule has 1 rings (SSSR count). The number of hydrogen-bond donors (Lipinski definition) is 0. The lowest BCUT2D eigenvalue weighted by Crippen LogP contribution is -2.48. The van der Waals surface area contributed by atoms with Gasteiger partial charge in [-0.2, -0.15) is 0 Å². The molecule has 0 fully saturated rings. The number of esters is 2. The Morgan fingerprint density at radius 2 is 1.45 bits per heavy atom. The van der Waals surface area contributed by atoms with Crippen molar-refractivity contribution in [2.24, 2.45) is 0 Å². The first-order valence-corrected chi connectivity index (χ1v) is 6.30. The molecule has 8 heteroatoms. The molecular weight excluding hydrogens is 305 g/mol. The lowest BCUT2D eigenvalue weighted by molar-refractivity contribution is -0.165. The molecule has 0 bridgehead atoms. The Morgan fingerprint density at radius 1 is 1.00 bits per heavy atom. The highest BCUT2D eigenvalue weighted by atomic mass is 19.2. The predicted molar refractivity (Wildman–Crippen MR) is 67.3 cm³/mol. The van der Waals surface area contributed by atoms with Crippen LogP contribution in [0.5, 0.6) is 0 Å². The van der Waals surface area contributed by atoms with E-state index in [-0.39, 0.29) is 31.6 Å². The lowest BCUT2D eigenvalue weighted by atomic mass is 9.81. The van der Waals surface area contributed by atoms with E-state index in [4.69, 9.17) is 0 Å². The second-order valence-corrected chi connectivity index (χ2v) is 4.11.